The van der Waals surface area contributed by atoms with E-state index >= 15 is 0 Å². The molecule has 5 heteroatoms. The second-order valence-electron chi connectivity index (χ2n) is 6.25. The minimum atomic E-state index is -0.402. The lowest BCUT2D eigenvalue weighted by molar-refractivity contribution is 0.0801. The molecule has 1 aromatic heterocycles. The fourth-order valence-electron chi connectivity index (χ4n) is 1.65. The van der Waals surface area contributed by atoms with Crippen molar-refractivity contribution in [1.29, 1.82) is 0 Å². The predicted molar refractivity (Wildman–Crippen MR) is 76.3 cm³/mol. The molecule has 0 bridgehead atoms. The molecule has 110 valence electrons. The van der Waals surface area contributed by atoms with Gasteiger partial charge in [-0.05, 0) is 33.6 Å². The van der Waals surface area contributed by atoms with Crippen LogP contribution in [0.5, 0.6) is 11.5 Å². The first-order valence-electron chi connectivity index (χ1n) is 6.83. The van der Waals surface area contributed by atoms with E-state index in [1.54, 1.807) is 26.4 Å². The van der Waals surface area contributed by atoms with Gasteiger partial charge in [0.25, 0.3) is 5.91 Å². The Labute approximate surface area is 119 Å². The first kappa shape index (κ1) is 14.6. The van der Waals surface area contributed by atoms with Crippen LogP contribution in [0.2, 0.25) is 0 Å². The second-order valence-corrected chi connectivity index (χ2v) is 6.25. The van der Waals surface area contributed by atoms with Crippen LogP contribution in [-0.2, 0) is 0 Å². The van der Waals surface area contributed by atoms with Crippen molar-refractivity contribution in [2.75, 3.05) is 14.1 Å². The predicted octanol–water partition coefficient (Wildman–Crippen LogP) is 2.50. The fraction of sp³-hybridized carbons (Fsp3) is 0.600. The van der Waals surface area contributed by atoms with Crippen LogP contribution in [0.4, 0.5) is 0 Å². The largest absolute Gasteiger partial charge is 0.489 e. The summed E-state index contributed by atoms with van der Waals surface area (Å²) in [4.78, 5) is 17.8. The standard InChI is InChI=1S/C15H22N2O3/c1-15(2,3)20-12-8-11(19-10-6-7-10)9-16-13(12)14(18)17(4)5/h8-10H,6-7H2,1-5H3. The normalized spacial score (nSPS) is 14.8. The average molecular weight is 278 g/mol. The van der Waals surface area contributed by atoms with Crippen molar-refractivity contribution < 1.29 is 14.3 Å². The molecule has 2 rings (SSSR count). The Balaban J connectivity index is 2.31. The molecule has 1 amide bonds. The van der Waals surface area contributed by atoms with Crippen LogP contribution in [0.25, 0.3) is 0 Å². The fourth-order valence-corrected chi connectivity index (χ4v) is 1.65. The van der Waals surface area contributed by atoms with Gasteiger partial charge in [-0.1, -0.05) is 0 Å². The number of nitrogens with zero attached hydrogens (tertiary/aromatic N) is 2. The smallest absolute Gasteiger partial charge is 0.275 e. The maximum absolute atomic E-state index is 12.1. The molecule has 0 N–H and O–H groups in total. The van der Waals surface area contributed by atoms with Gasteiger partial charge in [0.1, 0.15) is 11.4 Å². The summed E-state index contributed by atoms with van der Waals surface area (Å²) in [5.41, 5.74) is -0.0885. The van der Waals surface area contributed by atoms with E-state index in [1.807, 2.05) is 20.8 Å². The van der Waals surface area contributed by atoms with Gasteiger partial charge in [0.05, 0.1) is 12.3 Å². The van der Waals surface area contributed by atoms with E-state index in [2.05, 4.69) is 4.98 Å². The van der Waals surface area contributed by atoms with Gasteiger partial charge in [-0.25, -0.2) is 4.98 Å². The third-order valence-electron chi connectivity index (χ3n) is 2.68. The summed E-state index contributed by atoms with van der Waals surface area (Å²) < 4.78 is 11.6. The first-order chi connectivity index (χ1) is 9.26. The number of hydrogen-bond acceptors (Lipinski definition) is 4. The Morgan fingerprint density at radius 1 is 1.35 bits per heavy atom. The van der Waals surface area contributed by atoms with E-state index in [1.165, 1.54) is 4.90 Å². The van der Waals surface area contributed by atoms with Gasteiger partial charge in [0, 0.05) is 20.2 Å². The molecule has 1 aliphatic rings. The number of rotatable bonds is 4. The van der Waals surface area contributed by atoms with Crippen LogP contribution in [0.3, 0.4) is 0 Å². The van der Waals surface area contributed by atoms with Crippen LogP contribution in [0.1, 0.15) is 44.1 Å². The monoisotopic (exact) mass is 278 g/mol. The Bertz CT molecular complexity index is 502. The van der Waals surface area contributed by atoms with Crippen LogP contribution in [-0.4, -0.2) is 41.6 Å². The first-order valence-corrected chi connectivity index (χ1v) is 6.83. The molecular weight excluding hydrogens is 256 g/mol. The second kappa shape index (κ2) is 5.31. The summed E-state index contributed by atoms with van der Waals surface area (Å²) in [6, 6.07) is 1.76. The number of carbonyl (C=O) groups excluding carboxylic acids is 1. The van der Waals surface area contributed by atoms with Gasteiger partial charge in [-0.15, -0.1) is 0 Å². The van der Waals surface area contributed by atoms with E-state index in [0.717, 1.165) is 12.8 Å². The van der Waals surface area contributed by atoms with Crippen LogP contribution in [0.15, 0.2) is 12.3 Å². The van der Waals surface area contributed by atoms with Crippen LogP contribution < -0.4 is 9.47 Å². The van der Waals surface area contributed by atoms with E-state index in [-0.39, 0.29) is 12.0 Å². The number of ether oxygens (including phenoxy) is 2. The highest BCUT2D eigenvalue weighted by molar-refractivity contribution is 5.94. The van der Waals surface area contributed by atoms with Crippen molar-refractivity contribution >= 4 is 5.91 Å². The number of aromatic nitrogens is 1. The van der Waals surface area contributed by atoms with Gasteiger partial charge in [0.15, 0.2) is 11.4 Å². The molecule has 1 saturated carbocycles. The summed E-state index contributed by atoms with van der Waals surface area (Å²) >= 11 is 0. The number of carbonyl (C=O) groups is 1. The molecule has 0 saturated heterocycles. The highest BCUT2D eigenvalue weighted by Crippen LogP contribution is 2.31. The third-order valence-corrected chi connectivity index (χ3v) is 2.68. The van der Waals surface area contributed by atoms with Crippen molar-refractivity contribution in [3.05, 3.63) is 18.0 Å². The minimum Gasteiger partial charge on any atom is -0.489 e. The van der Waals surface area contributed by atoms with Gasteiger partial charge in [-0.3, -0.25) is 4.79 Å². The van der Waals surface area contributed by atoms with Crippen molar-refractivity contribution in [2.24, 2.45) is 0 Å². The third kappa shape index (κ3) is 3.85. The molecule has 0 atom stereocenters. The lowest BCUT2D eigenvalue weighted by atomic mass is 10.2. The molecule has 0 aliphatic heterocycles. The molecule has 0 radical (unpaired) electrons. The molecule has 0 spiro atoms. The van der Waals surface area contributed by atoms with E-state index in [9.17, 15) is 4.79 Å². The zero-order valence-corrected chi connectivity index (χ0v) is 12.8. The molecule has 0 aromatic carbocycles. The van der Waals surface area contributed by atoms with Crippen molar-refractivity contribution in [3.8, 4) is 11.5 Å². The Hall–Kier alpha value is -1.78. The van der Waals surface area contributed by atoms with Crippen molar-refractivity contribution in [1.82, 2.24) is 9.88 Å². The summed E-state index contributed by atoms with van der Waals surface area (Å²) in [5.74, 6) is 0.943. The molecule has 20 heavy (non-hydrogen) atoms. The topological polar surface area (TPSA) is 51.7 Å². The molecule has 1 aliphatic carbocycles. The minimum absolute atomic E-state index is 0.178. The van der Waals surface area contributed by atoms with Gasteiger partial charge < -0.3 is 14.4 Å². The lowest BCUT2D eigenvalue weighted by Crippen LogP contribution is -2.28. The van der Waals surface area contributed by atoms with E-state index < -0.39 is 5.60 Å². The Morgan fingerprint density at radius 3 is 2.50 bits per heavy atom. The van der Waals surface area contributed by atoms with Crippen LogP contribution >= 0.6 is 0 Å². The highest BCUT2D eigenvalue weighted by atomic mass is 16.5. The maximum atomic E-state index is 12.1. The quantitative estimate of drug-likeness (QED) is 0.849. The Morgan fingerprint density at radius 2 is 2.00 bits per heavy atom. The lowest BCUT2D eigenvalue weighted by Gasteiger charge is -2.23. The van der Waals surface area contributed by atoms with Crippen LogP contribution in [0, 0.1) is 0 Å². The molecule has 1 aromatic rings. The molecule has 5 nitrogen and oxygen atoms in total. The van der Waals surface area contributed by atoms with Gasteiger partial charge >= 0.3 is 0 Å². The van der Waals surface area contributed by atoms with Gasteiger partial charge in [-0.2, -0.15) is 0 Å². The molecule has 0 unspecified atom stereocenters. The zero-order chi connectivity index (χ0) is 14.9. The number of amides is 1. The summed E-state index contributed by atoms with van der Waals surface area (Å²) in [6.45, 7) is 5.81. The highest BCUT2D eigenvalue weighted by Gasteiger charge is 2.26. The molecular formula is C15H22N2O3. The SMILES string of the molecule is CN(C)C(=O)c1ncc(OC2CC2)cc1OC(C)(C)C. The Kier molecular flexibility index (Phi) is 3.88. The van der Waals surface area contributed by atoms with Crippen molar-refractivity contribution in [2.45, 2.75) is 45.3 Å². The summed E-state index contributed by atoms with van der Waals surface area (Å²) in [6.07, 6.45) is 4.03. The summed E-state index contributed by atoms with van der Waals surface area (Å²) in [5, 5.41) is 0. The van der Waals surface area contributed by atoms with E-state index in [0.29, 0.717) is 17.2 Å². The number of pyridine rings is 1. The molecule has 1 fully saturated rings. The maximum Gasteiger partial charge on any atom is 0.275 e. The van der Waals surface area contributed by atoms with Crippen molar-refractivity contribution in [3.63, 3.8) is 0 Å². The summed E-state index contributed by atoms with van der Waals surface area (Å²) in [7, 11) is 3.39. The van der Waals surface area contributed by atoms with Gasteiger partial charge in [0.2, 0.25) is 0 Å². The molecule has 1 heterocycles. The number of hydrogen-bond donors (Lipinski definition) is 0. The average Bonchev–Trinajstić information content (AvgIpc) is 3.10. The van der Waals surface area contributed by atoms with E-state index in [4.69, 9.17) is 9.47 Å². The zero-order valence-electron chi connectivity index (χ0n) is 12.8.